The van der Waals surface area contributed by atoms with E-state index in [1.54, 1.807) is 0 Å². The largest absolute Gasteiger partial charge is 0.456 e. The van der Waals surface area contributed by atoms with E-state index in [4.69, 9.17) is 4.42 Å². The minimum atomic E-state index is 0.893. The minimum absolute atomic E-state index is 0.893. The zero-order chi connectivity index (χ0) is 25.8. The van der Waals surface area contributed by atoms with E-state index in [-0.39, 0.29) is 0 Å². The highest BCUT2D eigenvalue weighted by molar-refractivity contribution is 6.21. The number of para-hydroxylation sites is 1. The predicted molar refractivity (Wildman–Crippen MR) is 165 cm³/mol. The fraction of sp³-hybridized carbons (Fsp3) is 0. The zero-order valence-corrected chi connectivity index (χ0v) is 21.3. The lowest BCUT2D eigenvalue weighted by Gasteiger charge is -2.18. The van der Waals surface area contributed by atoms with Gasteiger partial charge in [0.15, 0.2) is 0 Å². The topological polar surface area (TPSA) is 13.1 Å². The molecule has 1 aromatic heterocycles. The molecule has 0 amide bonds. The second kappa shape index (κ2) is 8.72. The molecule has 7 aromatic carbocycles. The van der Waals surface area contributed by atoms with Crippen molar-refractivity contribution < 1.29 is 4.42 Å². The van der Waals surface area contributed by atoms with Gasteiger partial charge < -0.3 is 4.42 Å². The van der Waals surface area contributed by atoms with Gasteiger partial charge in [-0.2, -0.15) is 0 Å². The second-order valence-corrected chi connectivity index (χ2v) is 10.1. The first-order valence-corrected chi connectivity index (χ1v) is 13.4. The molecule has 0 bridgehead atoms. The molecule has 8 aromatic rings. The molecule has 182 valence electrons. The Morgan fingerprint density at radius 1 is 0.333 bits per heavy atom. The Morgan fingerprint density at radius 2 is 0.821 bits per heavy atom. The van der Waals surface area contributed by atoms with Crippen LogP contribution in [0.25, 0.3) is 76.9 Å². The minimum Gasteiger partial charge on any atom is -0.456 e. The van der Waals surface area contributed by atoms with E-state index in [1.165, 1.54) is 54.6 Å². The lowest BCUT2D eigenvalue weighted by atomic mass is 9.85. The molecule has 0 aliphatic rings. The molecule has 1 heteroatoms. The normalized spacial score (nSPS) is 11.6. The molecule has 39 heavy (non-hydrogen) atoms. The third-order valence-electron chi connectivity index (χ3n) is 7.85. The Kier molecular flexibility index (Phi) is 4.89. The monoisotopic (exact) mass is 496 g/mol. The predicted octanol–water partition coefficient (Wildman–Crippen LogP) is 10.9. The van der Waals surface area contributed by atoms with Gasteiger partial charge in [-0.25, -0.2) is 0 Å². The average Bonchev–Trinajstić information content (AvgIpc) is 3.44. The zero-order valence-electron chi connectivity index (χ0n) is 21.3. The van der Waals surface area contributed by atoms with Gasteiger partial charge in [0.25, 0.3) is 0 Å². The molecular weight excluding hydrogens is 472 g/mol. The van der Waals surface area contributed by atoms with Gasteiger partial charge in [0.2, 0.25) is 0 Å². The summed E-state index contributed by atoms with van der Waals surface area (Å²) in [6.07, 6.45) is 0. The maximum atomic E-state index is 6.14. The van der Waals surface area contributed by atoms with Gasteiger partial charge in [-0.3, -0.25) is 0 Å². The number of hydrogen-bond acceptors (Lipinski definition) is 1. The summed E-state index contributed by atoms with van der Waals surface area (Å²) in [7, 11) is 0. The molecule has 0 aliphatic heterocycles. The van der Waals surface area contributed by atoms with Gasteiger partial charge >= 0.3 is 0 Å². The van der Waals surface area contributed by atoms with Crippen LogP contribution >= 0.6 is 0 Å². The van der Waals surface area contributed by atoms with Crippen molar-refractivity contribution in [1.82, 2.24) is 0 Å². The smallest absolute Gasteiger partial charge is 0.135 e. The standard InChI is InChI=1S/C38H24O/c1-2-10-28-23-30(22-17-25(28)9-1)38-33-14-6-4-12-31(33)37(32-13-5-7-15-34(32)38)27-20-18-26(19-21-27)36-24-29-11-3-8-16-35(29)39-36/h1-24H. The van der Waals surface area contributed by atoms with Gasteiger partial charge in [0.1, 0.15) is 11.3 Å². The maximum absolute atomic E-state index is 6.14. The Hall–Kier alpha value is -5.14. The van der Waals surface area contributed by atoms with Crippen LogP contribution in [0.5, 0.6) is 0 Å². The van der Waals surface area contributed by atoms with Crippen LogP contribution < -0.4 is 0 Å². The molecule has 1 nitrogen and oxygen atoms in total. The summed E-state index contributed by atoms with van der Waals surface area (Å²) in [6.45, 7) is 0. The van der Waals surface area contributed by atoms with Crippen LogP contribution in [0, 0.1) is 0 Å². The Labute approximate surface area is 226 Å². The van der Waals surface area contributed by atoms with Gasteiger partial charge in [0.05, 0.1) is 0 Å². The van der Waals surface area contributed by atoms with E-state index in [0.717, 1.165) is 22.3 Å². The first-order chi connectivity index (χ1) is 19.3. The van der Waals surface area contributed by atoms with E-state index in [1.807, 2.05) is 18.2 Å². The third-order valence-corrected chi connectivity index (χ3v) is 7.85. The Balaban J connectivity index is 1.35. The highest BCUT2D eigenvalue weighted by Crippen LogP contribution is 2.44. The SMILES string of the molecule is c1ccc2cc(-c3c4ccccc4c(-c4ccc(-c5cc6ccccc6o5)cc4)c4ccccc34)ccc2c1. The van der Waals surface area contributed by atoms with Crippen molar-refractivity contribution in [2.24, 2.45) is 0 Å². The van der Waals surface area contributed by atoms with Crippen molar-refractivity contribution in [3.63, 3.8) is 0 Å². The van der Waals surface area contributed by atoms with Gasteiger partial charge in [-0.15, -0.1) is 0 Å². The molecule has 0 saturated carbocycles. The van der Waals surface area contributed by atoms with Crippen LogP contribution in [0.15, 0.2) is 150 Å². The number of fused-ring (bicyclic) bond motifs is 4. The quantitative estimate of drug-likeness (QED) is 0.222. The highest BCUT2D eigenvalue weighted by Gasteiger charge is 2.17. The van der Waals surface area contributed by atoms with Crippen molar-refractivity contribution in [2.45, 2.75) is 0 Å². The van der Waals surface area contributed by atoms with Crippen molar-refractivity contribution in [1.29, 1.82) is 0 Å². The van der Waals surface area contributed by atoms with Crippen molar-refractivity contribution in [2.75, 3.05) is 0 Å². The summed E-state index contributed by atoms with van der Waals surface area (Å²) < 4.78 is 6.14. The highest BCUT2D eigenvalue weighted by atomic mass is 16.3. The molecule has 0 aliphatic carbocycles. The fourth-order valence-electron chi connectivity index (χ4n) is 6.02. The summed E-state index contributed by atoms with van der Waals surface area (Å²) in [5.74, 6) is 0.893. The number of hydrogen-bond donors (Lipinski definition) is 0. The number of rotatable bonds is 3. The van der Waals surface area contributed by atoms with Gasteiger partial charge in [0, 0.05) is 10.9 Å². The first kappa shape index (κ1) is 21.9. The van der Waals surface area contributed by atoms with Crippen LogP contribution in [0.1, 0.15) is 0 Å². The van der Waals surface area contributed by atoms with E-state index in [0.29, 0.717) is 0 Å². The summed E-state index contributed by atoms with van der Waals surface area (Å²) in [5, 5.41) is 8.69. The van der Waals surface area contributed by atoms with E-state index >= 15 is 0 Å². The lowest BCUT2D eigenvalue weighted by Crippen LogP contribution is -1.91. The third kappa shape index (κ3) is 3.55. The molecule has 0 unspecified atom stereocenters. The van der Waals surface area contributed by atoms with Crippen molar-refractivity contribution >= 4 is 43.3 Å². The first-order valence-electron chi connectivity index (χ1n) is 13.4. The molecular formula is C38H24O. The van der Waals surface area contributed by atoms with Gasteiger partial charge in [-0.05, 0) is 72.8 Å². The van der Waals surface area contributed by atoms with Crippen molar-refractivity contribution in [3.8, 4) is 33.6 Å². The number of benzene rings is 7. The molecule has 0 atom stereocenters. The Bertz CT molecular complexity index is 2070. The molecule has 0 fully saturated rings. The Morgan fingerprint density at radius 3 is 1.46 bits per heavy atom. The summed E-state index contributed by atoms with van der Waals surface area (Å²) in [4.78, 5) is 0. The van der Waals surface area contributed by atoms with E-state index in [9.17, 15) is 0 Å². The van der Waals surface area contributed by atoms with Gasteiger partial charge in [-0.1, -0.05) is 127 Å². The molecule has 0 radical (unpaired) electrons. The van der Waals surface area contributed by atoms with Crippen molar-refractivity contribution in [3.05, 3.63) is 146 Å². The average molecular weight is 497 g/mol. The van der Waals surface area contributed by atoms with Crippen LogP contribution in [0.4, 0.5) is 0 Å². The maximum Gasteiger partial charge on any atom is 0.135 e. The lowest BCUT2D eigenvalue weighted by molar-refractivity contribution is 0.631. The van der Waals surface area contributed by atoms with Crippen LogP contribution in [0.2, 0.25) is 0 Å². The summed E-state index contributed by atoms with van der Waals surface area (Å²) in [5.41, 5.74) is 6.99. The fourth-order valence-corrected chi connectivity index (χ4v) is 6.02. The molecule has 0 saturated heterocycles. The van der Waals surface area contributed by atoms with Crippen LogP contribution in [-0.4, -0.2) is 0 Å². The molecule has 0 spiro atoms. The number of furan rings is 1. The van der Waals surface area contributed by atoms with Crippen LogP contribution in [0.3, 0.4) is 0 Å². The van der Waals surface area contributed by atoms with Crippen LogP contribution in [-0.2, 0) is 0 Å². The molecule has 1 heterocycles. The summed E-state index contributed by atoms with van der Waals surface area (Å²) in [6, 6.07) is 52.1. The molecule has 8 rings (SSSR count). The summed E-state index contributed by atoms with van der Waals surface area (Å²) >= 11 is 0. The molecule has 0 N–H and O–H groups in total. The van der Waals surface area contributed by atoms with E-state index in [2.05, 4.69) is 127 Å². The van der Waals surface area contributed by atoms with E-state index < -0.39 is 0 Å². The second-order valence-electron chi connectivity index (χ2n) is 10.1.